The fourth-order valence-electron chi connectivity index (χ4n) is 1.76. The molecule has 4 nitrogen and oxygen atoms in total. The SMILES string of the molecule is CC(Nc1ccccc1C(=O)O)c1ccncc1. The number of pyridine rings is 1. The number of aromatic nitrogens is 1. The highest BCUT2D eigenvalue weighted by Gasteiger charge is 2.11. The molecule has 18 heavy (non-hydrogen) atoms. The van der Waals surface area contributed by atoms with Crippen LogP contribution in [0, 0.1) is 0 Å². The summed E-state index contributed by atoms with van der Waals surface area (Å²) in [7, 11) is 0. The molecule has 0 aliphatic heterocycles. The van der Waals surface area contributed by atoms with Crippen molar-refractivity contribution < 1.29 is 9.90 Å². The zero-order chi connectivity index (χ0) is 13.0. The van der Waals surface area contributed by atoms with Gasteiger partial charge in [-0.05, 0) is 36.8 Å². The molecule has 0 bridgehead atoms. The Kier molecular flexibility index (Phi) is 3.57. The number of anilines is 1. The van der Waals surface area contributed by atoms with Crippen LogP contribution in [0.2, 0.25) is 0 Å². The van der Waals surface area contributed by atoms with Crippen LogP contribution in [0.4, 0.5) is 5.69 Å². The van der Waals surface area contributed by atoms with Gasteiger partial charge in [0.15, 0.2) is 0 Å². The van der Waals surface area contributed by atoms with Gasteiger partial charge in [0.05, 0.1) is 5.56 Å². The molecule has 1 aromatic carbocycles. The molecular formula is C14H14N2O2. The quantitative estimate of drug-likeness (QED) is 0.865. The van der Waals surface area contributed by atoms with Crippen LogP contribution in [0.5, 0.6) is 0 Å². The molecule has 1 atom stereocenters. The van der Waals surface area contributed by atoms with Gasteiger partial charge in [0.2, 0.25) is 0 Å². The second-order valence-corrected chi connectivity index (χ2v) is 4.00. The fourth-order valence-corrected chi connectivity index (χ4v) is 1.76. The van der Waals surface area contributed by atoms with Crippen LogP contribution >= 0.6 is 0 Å². The lowest BCUT2D eigenvalue weighted by atomic mass is 10.1. The molecule has 1 unspecified atom stereocenters. The number of para-hydroxylation sites is 1. The maximum absolute atomic E-state index is 11.1. The number of nitrogens with one attached hydrogen (secondary N) is 1. The van der Waals surface area contributed by atoms with Crippen molar-refractivity contribution in [2.45, 2.75) is 13.0 Å². The predicted octanol–water partition coefficient (Wildman–Crippen LogP) is 2.95. The molecule has 0 amide bonds. The molecule has 0 fully saturated rings. The van der Waals surface area contributed by atoms with E-state index in [0.717, 1.165) is 5.56 Å². The molecule has 4 heteroatoms. The van der Waals surface area contributed by atoms with Crippen molar-refractivity contribution in [3.63, 3.8) is 0 Å². The Bertz CT molecular complexity index is 541. The Morgan fingerprint density at radius 2 is 1.89 bits per heavy atom. The highest BCUT2D eigenvalue weighted by Crippen LogP contribution is 2.21. The van der Waals surface area contributed by atoms with Crippen LogP contribution in [0.15, 0.2) is 48.8 Å². The van der Waals surface area contributed by atoms with Crippen molar-refractivity contribution in [3.05, 3.63) is 59.9 Å². The smallest absolute Gasteiger partial charge is 0.337 e. The van der Waals surface area contributed by atoms with E-state index in [1.165, 1.54) is 0 Å². The van der Waals surface area contributed by atoms with Gasteiger partial charge in [-0.1, -0.05) is 12.1 Å². The van der Waals surface area contributed by atoms with Crippen LogP contribution in [-0.2, 0) is 0 Å². The average molecular weight is 242 g/mol. The first-order valence-electron chi connectivity index (χ1n) is 5.67. The predicted molar refractivity (Wildman–Crippen MR) is 69.7 cm³/mol. The van der Waals surface area contributed by atoms with E-state index in [-0.39, 0.29) is 11.6 Å². The van der Waals surface area contributed by atoms with Gasteiger partial charge in [-0.15, -0.1) is 0 Å². The second kappa shape index (κ2) is 5.31. The third-order valence-electron chi connectivity index (χ3n) is 2.74. The van der Waals surface area contributed by atoms with Crippen LogP contribution in [0.25, 0.3) is 0 Å². The standard InChI is InChI=1S/C14H14N2O2/c1-10(11-6-8-15-9-7-11)16-13-5-3-2-4-12(13)14(17)18/h2-10,16H,1H3,(H,17,18). The number of carboxylic acid groups (broad SMARTS) is 1. The van der Waals surface area contributed by atoms with E-state index in [0.29, 0.717) is 5.69 Å². The Labute approximate surface area is 105 Å². The summed E-state index contributed by atoms with van der Waals surface area (Å²) in [5, 5.41) is 12.3. The third kappa shape index (κ3) is 2.66. The number of carboxylic acids is 1. The zero-order valence-corrected chi connectivity index (χ0v) is 10.00. The summed E-state index contributed by atoms with van der Waals surface area (Å²) in [4.78, 5) is 15.0. The first-order valence-corrected chi connectivity index (χ1v) is 5.67. The van der Waals surface area contributed by atoms with Gasteiger partial charge >= 0.3 is 5.97 Å². The lowest BCUT2D eigenvalue weighted by molar-refractivity contribution is 0.0698. The summed E-state index contributed by atoms with van der Waals surface area (Å²) in [6, 6.07) is 10.7. The molecule has 2 N–H and O–H groups in total. The molecule has 1 heterocycles. The first-order chi connectivity index (χ1) is 8.68. The van der Waals surface area contributed by atoms with E-state index in [9.17, 15) is 4.79 Å². The summed E-state index contributed by atoms with van der Waals surface area (Å²) in [6.45, 7) is 1.98. The van der Waals surface area contributed by atoms with Gasteiger partial charge in [-0.2, -0.15) is 0 Å². The molecule has 0 aliphatic rings. The Balaban J connectivity index is 2.22. The molecule has 2 rings (SSSR count). The van der Waals surface area contributed by atoms with Crippen molar-refractivity contribution in [3.8, 4) is 0 Å². The molecule has 0 aliphatic carbocycles. The number of nitrogens with zero attached hydrogens (tertiary/aromatic N) is 1. The highest BCUT2D eigenvalue weighted by atomic mass is 16.4. The second-order valence-electron chi connectivity index (χ2n) is 4.00. The van der Waals surface area contributed by atoms with Crippen molar-refractivity contribution >= 4 is 11.7 Å². The molecule has 0 radical (unpaired) electrons. The molecule has 0 spiro atoms. The van der Waals surface area contributed by atoms with E-state index in [1.807, 2.05) is 25.1 Å². The van der Waals surface area contributed by atoms with Crippen molar-refractivity contribution in [1.82, 2.24) is 4.98 Å². The van der Waals surface area contributed by atoms with Crippen LogP contribution in [0.3, 0.4) is 0 Å². The van der Waals surface area contributed by atoms with Gasteiger partial charge in [0, 0.05) is 24.1 Å². The van der Waals surface area contributed by atoms with Gasteiger partial charge in [-0.25, -0.2) is 4.79 Å². The summed E-state index contributed by atoms with van der Waals surface area (Å²) < 4.78 is 0. The normalized spacial score (nSPS) is 11.8. The summed E-state index contributed by atoms with van der Waals surface area (Å²) in [5.74, 6) is -0.931. The van der Waals surface area contributed by atoms with Gasteiger partial charge in [0.1, 0.15) is 0 Å². The van der Waals surface area contributed by atoms with E-state index < -0.39 is 5.97 Å². The van der Waals surface area contributed by atoms with Crippen LogP contribution < -0.4 is 5.32 Å². The number of aromatic carboxylic acids is 1. The number of hydrogen-bond acceptors (Lipinski definition) is 3. The summed E-state index contributed by atoms with van der Waals surface area (Å²) in [6.07, 6.45) is 3.44. The highest BCUT2D eigenvalue weighted by molar-refractivity contribution is 5.94. The molecular weight excluding hydrogens is 228 g/mol. The molecule has 2 aromatic rings. The lowest BCUT2D eigenvalue weighted by Gasteiger charge is -2.17. The number of carbonyl (C=O) groups is 1. The third-order valence-corrected chi connectivity index (χ3v) is 2.74. The summed E-state index contributed by atoms with van der Waals surface area (Å²) in [5.41, 5.74) is 1.96. The number of benzene rings is 1. The van der Waals surface area contributed by atoms with Gasteiger partial charge in [0.25, 0.3) is 0 Å². The number of rotatable bonds is 4. The van der Waals surface area contributed by atoms with E-state index >= 15 is 0 Å². The maximum Gasteiger partial charge on any atom is 0.337 e. The van der Waals surface area contributed by atoms with Crippen molar-refractivity contribution in [2.24, 2.45) is 0 Å². The Morgan fingerprint density at radius 1 is 1.22 bits per heavy atom. The molecule has 92 valence electrons. The van der Waals surface area contributed by atoms with Crippen molar-refractivity contribution in [1.29, 1.82) is 0 Å². The lowest BCUT2D eigenvalue weighted by Crippen LogP contribution is -2.10. The Hall–Kier alpha value is -2.36. The van der Waals surface area contributed by atoms with E-state index in [1.54, 1.807) is 30.6 Å². The average Bonchev–Trinajstić information content (AvgIpc) is 2.40. The summed E-state index contributed by atoms with van der Waals surface area (Å²) >= 11 is 0. The zero-order valence-electron chi connectivity index (χ0n) is 10.00. The maximum atomic E-state index is 11.1. The fraction of sp³-hybridized carbons (Fsp3) is 0.143. The largest absolute Gasteiger partial charge is 0.478 e. The molecule has 0 saturated carbocycles. The minimum atomic E-state index is -0.931. The minimum Gasteiger partial charge on any atom is -0.478 e. The van der Waals surface area contributed by atoms with E-state index in [2.05, 4.69) is 10.3 Å². The van der Waals surface area contributed by atoms with E-state index in [4.69, 9.17) is 5.11 Å². The molecule has 1 aromatic heterocycles. The van der Waals surface area contributed by atoms with Gasteiger partial charge in [-0.3, -0.25) is 4.98 Å². The minimum absolute atomic E-state index is 0.0218. The first kappa shape index (κ1) is 12.1. The van der Waals surface area contributed by atoms with Crippen LogP contribution in [-0.4, -0.2) is 16.1 Å². The molecule has 0 saturated heterocycles. The van der Waals surface area contributed by atoms with Gasteiger partial charge < -0.3 is 10.4 Å². The van der Waals surface area contributed by atoms with Crippen LogP contribution in [0.1, 0.15) is 28.9 Å². The Morgan fingerprint density at radius 3 is 2.56 bits per heavy atom. The number of hydrogen-bond donors (Lipinski definition) is 2. The van der Waals surface area contributed by atoms with Crippen molar-refractivity contribution in [2.75, 3.05) is 5.32 Å². The topological polar surface area (TPSA) is 62.2 Å². The monoisotopic (exact) mass is 242 g/mol.